The Balaban J connectivity index is 0.00000182. The molecular weight excluding hydrogens is 336 g/mol. The van der Waals surface area contributed by atoms with Crippen molar-refractivity contribution in [2.45, 2.75) is 37.8 Å². The van der Waals surface area contributed by atoms with Crippen molar-refractivity contribution < 1.29 is 9.84 Å². The highest BCUT2D eigenvalue weighted by molar-refractivity contribution is 5.85. The molecule has 0 saturated heterocycles. The van der Waals surface area contributed by atoms with Crippen LogP contribution >= 0.6 is 12.4 Å². The number of hydrogen-bond acceptors (Lipinski definition) is 3. The first-order chi connectivity index (χ1) is 11.8. The van der Waals surface area contributed by atoms with Crippen molar-refractivity contribution in [3.8, 4) is 5.75 Å². The van der Waals surface area contributed by atoms with E-state index in [1.54, 1.807) is 0 Å². The molecule has 0 radical (unpaired) electrons. The first-order valence-corrected chi connectivity index (χ1v) is 8.62. The third kappa shape index (κ3) is 3.80. The lowest BCUT2D eigenvalue weighted by molar-refractivity contribution is 0.0919. The highest BCUT2D eigenvalue weighted by atomic mass is 35.5. The Bertz CT molecular complexity index is 815. The molecular formula is C20H23ClN2O2. The molecule has 2 aromatic carbocycles. The van der Waals surface area contributed by atoms with Crippen LogP contribution in [-0.2, 0) is 6.54 Å². The molecule has 1 aromatic heterocycles. The number of aliphatic hydroxyl groups excluding tert-OH is 1. The Morgan fingerprint density at radius 3 is 2.52 bits per heavy atom. The van der Waals surface area contributed by atoms with Crippen molar-refractivity contribution in [3.05, 3.63) is 60.4 Å². The summed E-state index contributed by atoms with van der Waals surface area (Å²) in [5.74, 6) is 2.42. The molecule has 1 atom stereocenters. The lowest BCUT2D eigenvalue weighted by Gasteiger charge is -2.26. The fraction of sp³-hybridized carbons (Fsp3) is 0.350. The maximum atomic E-state index is 10.5. The minimum Gasteiger partial charge on any atom is -0.491 e. The highest BCUT2D eigenvalue weighted by Crippen LogP contribution is 2.37. The summed E-state index contributed by atoms with van der Waals surface area (Å²) in [4.78, 5) is 4.82. The van der Waals surface area contributed by atoms with Gasteiger partial charge in [-0.15, -0.1) is 12.4 Å². The Hall–Kier alpha value is -2.04. The van der Waals surface area contributed by atoms with Crippen LogP contribution in [-0.4, -0.2) is 27.4 Å². The minimum atomic E-state index is -0.568. The quantitative estimate of drug-likeness (QED) is 0.719. The van der Waals surface area contributed by atoms with Gasteiger partial charge in [0.15, 0.2) is 0 Å². The van der Waals surface area contributed by atoms with Gasteiger partial charge in [0.1, 0.15) is 24.3 Å². The van der Waals surface area contributed by atoms with E-state index in [-0.39, 0.29) is 19.0 Å². The summed E-state index contributed by atoms with van der Waals surface area (Å²) in [7, 11) is 0. The fourth-order valence-corrected chi connectivity index (χ4v) is 3.24. The average molecular weight is 359 g/mol. The summed E-state index contributed by atoms with van der Waals surface area (Å²) < 4.78 is 7.86. The zero-order valence-corrected chi connectivity index (χ0v) is 14.9. The van der Waals surface area contributed by atoms with E-state index in [0.29, 0.717) is 12.5 Å². The second-order valence-corrected chi connectivity index (χ2v) is 6.48. The number of imidazole rings is 1. The number of para-hydroxylation sites is 3. The lowest BCUT2D eigenvalue weighted by atomic mass is 9.85. The molecule has 1 saturated carbocycles. The molecule has 0 amide bonds. The number of rotatable bonds is 6. The molecule has 0 spiro atoms. The van der Waals surface area contributed by atoms with Crippen molar-refractivity contribution in [2.75, 3.05) is 6.61 Å². The number of hydrogen-bond donors (Lipinski definition) is 1. The van der Waals surface area contributed by atoms with Crippen LogP contribution in [0.1, 0.15) is 31.0 Å². The van der Waals surface area contributed by atoms with Gasteiger partial charge in [0.2, 0.25) is 0 Å². The summed E-state index contributed by atoms with van der Waals surface area (Å²) in [5, 5.41) is 10.5. The molecule has 132 valence electrons. The van der Waals surface area contributed by atoms with Crippen LogP contribution in [0.4, 0.5) is 0 Å². The van der Waals surface area contributed by atoms with Gasteiger partial charge in [-0.25, -0.2) is 4.98 Å². The van der Waals surface area contributed by atoms with Gasteiger partial charge < -0.3 is 14.4 Å². The van der Waals surface area contributed by atoms with E-state index in [0.717, 1.165) is 22.6 Å². The third-order valence-corrected chi connectivity index (χ3v) is 4.73. The molecule has 1 N–H and O–H groups in total. The predicted molar refractivity (Wildman–Crippen MR) is 102 cm³/mol. The van der Waals surface area contributed by atoms with Crippen molar-refractivity contribution >= 4 is 23.4 Å². The molecule has 1 aliphatic carbocycles. The number of aliphatic hydroxyl groups is 1. The zero-order chi connectivity index (χ0) is 16.4. The van der Waals surface area contributed by atoms with Gasteiger partial charge in [-0.2, -0.15) is 0 Å². The van der Waals surface area contributed by atoms with Crippen molar-refractivity contribution in [1.82, 2.24) is 9.55 Å². The van der Waals surface area contributed by atoms with Crippen LogP contribution in [0.2, 0.25) is 0 Å². The van der Waals surface area contributed by atoms with Gasteiger partial charge in [0, 0.05) is 5.92 Å². The first-order valence-electron chi connectivity index (χ1n) is 8.62. The maximum Gasteiger partial charge on any atom is 0.119 e. The predicted octanol–water partition coefficient (Wildman–Crippen LogP) is 4.17. The van der Waals surface area contributed by atoms with Gasteiger partial charge in [-0.1, -0.05) is 36.8 Å². The second-order valence-electron chi connectivity index (χ2n) is 6.48. The van der Waals surface area contributed by atoms with Crippen molar-refractivity contribution in [3.63, 3.8) is 0 Å². The van der Waals surface area contributed by atoms with Gasteiger partial charge in [0.05, 0.1) is 17.6 Å². The van der Waals surface area contributed by atoms with Crippen LogP contribution in [0.5, 0.6) is 5.75 Å². The average Bonchev–Trinajstić information content (AvgIpc) is 2.91. The second kappa shape index (κ2) is 7.89. The lowest BCUT2D eigenvalue weighted by Crippen LogP contribution is -2.26. The number of fused-ring (bicyclic) bond motifs is 1. The molecule has 1 heterocycles. The molecule has 0 bridgehead atoms. The van der Waals surface area contributed by atoms with E-state index < -0.39 is 6.10 Å². The summed E-state index contributed by atoms with van der Waals surface area (Å²) in [6.45, 7) is 0.791. The molecule has 1 aliphatic rings. The maximum absolute atomic E-state index is 10.5. The topological polar surface area (TPSA) is 47.3 Å². The molecule has 1 fully saturated rings. The van der Waals surface area contributed by atoms with Gasteiger partial charge >= 0.3 is 0 Å². The van der Waals surface area contributed by atoms with Gasteiger partial charge in [-0.05, 0) is 37.1 Å². The van der Waals surface area contributed by atoms with E-state index in [9.17, 15) is 5.11 Å². The molecule has 25 heavy (non-hydrogen) atoms. The molecule has 1 unspecified atom stereocenters. The van der Waals surface area contributed by atoms with E-state index in [4.69, 9.17) is 9.72 Å². The first kappa shape index (κ1) is 17.8. The van der Waals surface area contributed by atoms with Crippen LogP contribution in [0, 0.1) is 0 Å². The summed E-state index contributed by atoms with van der Waals surface area (Å²) in [6.07, 6.45) is 3.09. The van der Waals surface area contributed by atoms with E-state index in [1.165, 1.54) is 19.3 Å². The third-order valence-electron chi connectivity index (χ3n) is 4.73. The normalized spacial score (nSPS) is 15.4. The van der Waals surface area contributed by atoms with E-state index in [1.807, 2.05) is 48.5 Å². The van der Waals surface area contributed by atoms with Gasteiger partial charge in [-0.3, -0.25) is 0 Å². The Labute approximate surface area is 153 Å². The molecule has 4 nitrogen and oxygen atoms in total. The Morgan fingerprint density at radius 2 is 1.80 bits per heavy atom. The van der Waals surface area contributed by atoms with Crippen LogP contribution in [0.25, 0.3) is 11.0 Å². The van der Waals surface area contributed by atoms with Crippen LogP contribution in [0.15, 0.2) is 54.6 Å². The standard InChI is InChI=1S/C20H22N2O2.ClH/c23-16(14-24-17-9-2-1-3-10-17)13-22-19-12-5-4-11-18(19)21-20(22)15-7-6-8-15;/h1-5,9-12,15-16,23H,6-8,13-14H2;1H. The van der Waals surface area contributed by atoms with Crippen LogP contribution in [0.3, 0.4) is 0 Å². The van der Waals surface area contributed by atoms with Crippen molar-refractivity contribution in [1.29, 1.82) is 0 Å². The minimum absolute atomic E-state index is 0. The van der Waals surface area contributed by atoms with Crippen molar-refractivity contribution in [2.24, 2.45) is 0 Å². The molecule has 5 heteroatoms. The number of benzene rings is 2. The van der Waals surface area contributed by atoms with E-state index >= 15 is 0 Å². The molecule has 4 rings (SSSR count). The monoisotopic (exact) mass is 358 g/mol. The highest BCUT2D eigenvalue weighted by Gasteiger charge is 2.26. The Morgan fingerprint density at radius 1 is 1.08 bits per heavy atom. The number of halogens is 1. The summed E-state index contributed by atoms with van der Waals surface area (Å²) in [5.41, 5.74) is 2.11. The van der Waals surface area contributed by atoms with Gasteiger partial charge in [0.25, 0.3) is 0 Å². The number of nitrogens with zero attached hydrogens (tertiary/aromatic N) is 2. The zero-order valence-electron chi connectivity index (χ0n) is 14.0. The number of ether oxygens (including phenoxy) is 1. The SMILES string of the molecule is Cl.OC(COc1ccccc1)Cn1c(C2CCC2)nc2ccccc21. The molecule has 0 aliphatic heterocycles. The fourth-order valence-electron chi connectivity index (χ4n) is 3.24. The summed E-state index contributed by atoms with van der Waals surface area (Å²) in [6, 6.07) is 17.8. The Kier molecular flexibility index (Phi) is 5.61. The number of aromatic nitrogens is 2. The molecule has 3 aromatic rings. The summed E-state index contributed by atoms with van der Waals surface area (Å²) >= 11 is 0. The van der Waals surface area contributed by atoms with E-state index in [2.05, 4.69) is 10.6 Å². The largest absolute Gasteiger partial charge is 0.491 e. The van der Waals surface area contributed by atoms with Crippen LogP contribution < -0.4 is 4.74 Å². The smallest absolute Gasteiger partial charge is 0.119 e.